The lowest BCUT2D eigenvalue weighted by molar-refractivity contribution is -0.143. The van der Waals surface area contributed by atoms with Crippen LogP contribution in [0.4, 0.5) is 4.79 Å². The van der Waals surface area contributed by atoms with Crippen LogP contribution >= 0.6 is 11.3 Å². The average Bonchev–Trinajstić information content (AvgIpc) is 2.82. The first kappa shape index (κ1) is 13.9. The number of nitrogens with one attached hydrogen (secondary N) is 1. The molecule has 0 spiro atoms. The van der Waals surface area contributed by atoms with Crippen molar-refractivity contribution < 1.29 is 14.7 Å². The molecule has 2 N–H and O–H groups in total. The summed E-state index contributed by atoms with van der Waals surface area (Å²) in [5.74, 6) is -1.06. The maximum Gasteiger partial charge on any atom is 0.317 e. The zero-order chi connectivity index (χ0) is 13.8. The van der Waals surface area contributed by atoms with Crippen LogP contribution in [0.15, 0.2) is 12.1 Å². The van der Waals surface area contributed by atoms with Crippen LogP contribution in [0.3, 0.4) is 0 Å². The van der Waals surface area contributed by atoms with Crippen molar-refractivity contribution in [2.24, 2.45) is 5.92 Å². The monoisotopic (exact) mass is 282 g/mol. The van der Waals surface area contributed by atoms with Gasteiger partial charge in [-0.05, 0) is 31.9 Å². The van der Waals surface area contributed by atoms with E-state index in [0.717, 1.165) is 4.88 Å². The third-order valence-electron chi connectivity index (χ3n) is 3.34. The summed E-state index contributed by atoms with van der Waals surface area (Å²) in [6.45, 7) is 3.61. The molecule has 0 aromatic carbocycles. The highest BCUT2D eigenvalue weighted by atomic mass is 32.1. The molecular formula is C13H18N2O3S. The quantitative estimate of drug-likeness (QED) is 0.891. The lowest BCUT2D eigenvalue weighted by Gasteiger charge is -2.30. The number of hydrogen-bond donors (Lipinski definition) is 2. The van der Waals surface area contributed by atoms with E-state index in [1.165, 1.54) is 4.88 Å². The molecule has 1 aliphatic rings. The van der Waals surface area contributed by atoms with Crippen LogP contribution in [-0.4, -0.2) is 35.1 Å². The smallest absolute Gasteiger partial charge is 0.317 e. The van der Waals surface area contributed by atoms with Crippen molar-refractivity contribution >= 4 is 23.3 Å². The zero-order valence-electron chi connectivity index (χ0n) is 10.9. The summed E-state index contributed by atoms with van der Waals surface area (Å²) in [5, 5.41) is 11.8. The number of rotatable bonds is 3. The van der Waals surface area contributed by atoms with Crippen LogP contribution in [0.5, 0.6) is 0 Å². The number of likely N-dealkylation sites (tertiary alicyclic amines) is 1. The molecule has 104 valence electrons. The molecule has 0 atom stereocenters. The van der Waals surface area contributed by atoms with Gasteiger partial charge in [-0.25, -0.2) is 4.79 Å². The van der Waals surface area contributed by atoms with Gasteiger partial charge in [0, 0.05) is 22.8 Å². The summed E-state index contributed by atoms with van der Waals surface area (Å²) in [6.07, 6.45) is 1.09. The van der Waals surface area contributed by atoms with Crippen LogP contribution in [0.25, 0.3) is 0 Å². The highest BCUT2D eigenvalue weighted by Gasteiger charge is 2.26. The summed E-state index contributed by atoms with van der Waals surface area (Å²) >= 11 is 1.67. The second kappa shape index (κ2) is 6.06. The highest BCUT2D eigenvalue weighted by molar-refractivity contribution is 7.11. The van der Waals surface area contributed by atoms with E-state index in [1.54, 1.807) is 16.2 Å². The van der Waals surface area contributed by atoms with Crippen molar-refractivity contribution in [2.75, 3.05) is 13.1 Å². The molecule has 2 amide bonds. The van der Waals surface area contributed by atoms with Crippen molar-refractivity contribution in [3.05, 3.63) is 21.9 Å². The number of thiophene rings is 1. The van der Waals surface area contributed by atoms with E-state index in [4.69, 9.17) is 5.11 Å². The largest absolute Gasteiger partial charge is 0.481 e. The first-order valence-electron chi connectivity index (χ1n) is 6.37. The number of urea groups is 1. The van der Waals surface area contributed by atoms with Gasteiger partial charge in [0.1, 0.15) is 0 Å². The maximum absolute atomic E-state index is 11.9. The maximum atomic E-state index is 11.9. The van der Waals surface area contributed by atoms with Crippen LogP contribution in [0.2, 0.25) is 0 Å². The SMILES string of the molecule is Cc1ccc(CNC(=O)N2CCC(C(=O)O)CC2)s1. The molecular weight excluding hydrogens is 264 g/mol. The second-order valence-electron chi connectivity index (χ2n) is 4.77. The standard InChI is InChI=1S/C13H18N2O3S/c1-9-2-3-11(19-9)8-14-13(18)15-6-4-10(5-7-15)12(16)17/h2-3,10H,4-8H2,1H3,(H,14,18)(H,16,17). The van der Waals surface area contributed by atoms with Gasteiger partial charge in [-0.1, -0.05) is 0 Å². The summed E-state index contributed by atoms with van der Waals surface area (Å²) in [5.41, 5.74) is 0. The molecule has 0 aliphatic carbocycles. The molecule has 19 heavy (non-hydrogen) atoms. The van der Waals surface area contributed by atoms with Gasteiger partial charge >= 0.3 is 12.0 Å². The van der Waals surface area contributed by atoms with Gasteiger partial charge in [0.05, 0.1) is 12.5 Å². The van der Waals surface area contributed by atoms with Gasteiger partial charge in [-0.2, -0.15) is 0 Å². The van der Waals surface area contributed by atoms with Crippen molar-refractivity contribution in [2.45, 2.75) is 26.3 Å². The third-order valence-corrected chi connectivity index (χ3v) is 4.34. The first-order chi connectivity index (χ1) is 9.06. The molecule has 0 bridgehead atoms. The Morgan fingerprint density at radius 2 is 2.11 bits per heavy atom. The van der Waals surface area contributed by atoms with Gasteiger partial charge in [0.25, 0.3) is 0 Å². The fourth-order valence-corrected chi connectivity index (χ4v) is 3.01. The molecule has 1 aromatic rings. The lowest BCUT2D eigenvalue weighted by atomic mass is 9.97. The van der Waals surface area contributed by atoms with Gasteiger partial charge in [0.15, 0.2) is 0 Å². The minimum absolute atomic E-state index is 0.102. The number of piperidine rings is 1. The highest BCUT2D eigenvalue weighted by Crippen LogP contribution is 2.18. The Labute approximate surface area is 116 Å². The Morgan fingerprint density at radius 1 is 1.42 bits per heavy atom. The third kappa shape index (κ3) is 3.70. The predicted molar refractivity (Wildman–Crippen MR) is 73.2 cm³/mol. The molecule has 1 aromatic heterocycles. The molecule has 2 heterocycles. The van der Waals surface area contributed by atoms with E-state index in [9.17, 15) is 9.59 Å². The van der Waals surface area contributed by atoms with Gasteiger partial charge in [-0.15, -0.1) is 11.3 Å². The van der Waals surface area contributed by atoms with Crippen LogP contribution < -0.4 is 5.32 Å². The van der Waals surface area contributed by atoms with Gasteiger partial charge < -0.3 is 15.3 Å². The predicted octanol–water partition coefficient (Wildman–Crippen LogP) is 2.06. The van der Waals surface area contributed by atoms with Crippen molar-refractivity contribution in [3.63, 3.8) is 0 Å². The van der Waals surface area contributed by atoms with Crippen molar-refractivity contribution in [1.82, 2.24) is 10.2 Å². The molecule has 0 radical (unpaired) electrons. The van der Waals surface area contributed by atoms with E-state index >= 15 is 0 Å². The van der Waals surface area contributed by atoms with Crippen LogP contribution in [-0.2, 0) is 11.3 Å². The number of carboxylic acids is 1. The summed E-state index contributed by atoms with van der Waals surface area (Å²) < 4.78 is 0. The normalized spacial score (nSPS) is 16.4. The van der Waals surface area contributed by atoms with Crippen molar-refractivity contribution in [3.8, 4) is 0 Å². The number of hydrogen-bond acceptors (Lipinski definition) is 3. The Morgan fingerprint density at radius 3 is 2.63 bits per heavy atom. The molecule has 0 unspecified atom stereocenters. The van der Waals surface area contributed by atoms with E-state index in [2.05, 4.69) is 5.32 Å². The number of aliphatic carboxylic acids is 1. The lowest BCUT2D eigenvalue weighted by Crippen LogP contribution is -2.45. The summed E-state index contributed by atoms with van der Waals surface area (Å²) in [4.78, 5) is 26.8. The van der Waals surface area contributed by atoms with Crippen LogP contribution in [0.1, 0.15) is 22.6 Å². The zero-order valence-corrected chi connectivity index (χ0v) is 11.7. The number of carbonyl (C=O) groups is 2. The fourth-order valence-electron chi connectivity index (χ4n) is 2.18. The Hall–Kier alpha value is -1.56. The minimum Gasteiger partial charge on any atom is -0.481 e. The minimum atomic E-state index is -0.755. The first-order valence-corrected chi connectivity index (χ1v) is 7.19. The molecule has 6 heteroatoms. The average molecular weight is 282 g/mol. The van der Waals surface area contributed by atoms with Crippen LogP contribution in [0, 0.1) is 12.8 Å². The molecule has 0 saturated carbocycles. The number of carboxylic acid groups (broad SMARTS) is 1. The fraction of sp³-hybridized carbons (Fsp3) is 0.538. The number of aryl methyl sites for hydroxylation is 1. The Balaban J connectivity index is 1.77. The molecule has 1 aliphatic heterocycles. The molecule has 2 rings (SSSR count). The topological polar surface area (TPSA) is 69.6 Å². The van der Waals surface area contributed by atoms with E-state index < -0.39 is 5.97 Å². The van der Waals surface area contributed by atoms with Crippen molar-refractivity contribution in [1.29, 1.82) is 0 Å². The number of nitrogens with zero attached hydrogens (tertiary/aromatic N) is 1. The van der Waals surface area contributed by atoms with E-state index in [-0.39, 0.29) is 11.9 Å². The van der Waals surface area contributed by atoms with E-state index in [0.29, 0.717) is 32.5 Å². The number of carbonyl (C=O) groups excluding carboxylic acids is 1. The molecule has 5 nitrogen and oxygen atoms in total. The van der Waals surface area contributed by atoms with E-state index in [1.807, 2.05) is 19.1 Å². The van der Waals surface area contributed by atoms with Gasteiger partial charge in [0.2, 0.25) is 0 Å². The number of amides is 2. The van der Waals surface area contributed by atoms with Gasteiger partial charge in [-0.3, -0.25) is 4.79 Å². The second-order valence-corrected chi connectivity index (χ2v) is 6.14. The summed E-state index contributed by atoms with van der Waals surface area (Å²) in [7, 11) is 0. The molecule has 1 saturated heterocycles. The Kier molecular flexibility index (Phi) is 4.42. The summed E-state index contributed by atoms with van der Waals surface area (Å²) in [6, 6.07) is 3.94. The Bertz CT molecular complexity index is 464. The molecule has 1 fully saturated rings.